The number of guanidine groups is 1. The number of likely N-dealkylation sites (tertiary alicyclic amines) is 1. The predicted molar refractivity (Wildman–Crippen MR) is 144 cm³/mol. The Balaban J connectivity index is 0.00000385. The average molecular weight is 566 g/mol. The van der Waals surface area contributed by atoms with Crippen molar-refractivity contribution in [2.24, 2.45) is 4.99 Å². The smallest absolute Gasteiger partial charge is 0.257 e. The van der Waals surface area contributed by atoms with Crippen LogP contribution in [0.15, 0.2) is 59.6 Å². The van der Waals surface area contributed by atoms with Gasteiger partial charge in [0.25, 0.3) is 5.91 Å². The van der Waals surface area contributed by atoms with E-state index in [1.165, 1.54) is 5.56 Å². The van der Waals surface area contributed by atoms with E-state index in [-0.39, 0.29) is 36.5 Å². The summed E-state index contributed by atoms with van der Waals surface area (Å²) in [5, 5.41) is 9.67. The lowest BCUT2D eigenvalue weighted by atomic mass is 10.0. The van der Waals surface area contributed by atoms with Crippen LogP contribution in [0.25, 0.3) is 0 Å². The SMILES string of the molecule is CCNC(=O)COc1cccc(CNC(=NC)NC2CCN(Cc3ccccc3)CC2)c1.I. The standard InChI is InChI=1S/C25H35N5O2.HI/c1-3-27-24(31)19-32-23-11-7-10-21(16-23)17-28-25(26-2)29-22-12-14-30(15-13-22)18-20-8-5-4-6-9-20;/h4-11,16,22H,3,12-15,17-19H2,1-2H3,(H,27,31)(H2,26,28,29);1H. The third-order valence-electron chi connectivity index (χ3n) is 5.50. The number of halogens is 1. The second kappa shape index (κ2) is 14.7. The second-order valence-electron chi connectivity index (χ2n) is 8.00. The van der Waals surface area contributed by atoms with Gasteiger partial charge in [-0.1, -0.05) is 42.5 Å². The van der Waals surface area contributed by atoms with Crippen LogP contribution < -0.4 is 20.7 Å². The van der Waals surface area contributed by atoms with Gasteiger partial charge in [0, 0.05) is 45.8 Å². The van der Waals surface area contributed by atoms with Crippen LogP contribution in [0.2, 0.25) is 0 Å². The van der Waals surface area contributed by atoms with Gasteiger partial charge in [-0.2, -0.15) is 0 Å². The van der Waals surface area contributed by atoms with E-state index in [9.17, 15) is 4.79 Å². The fourth-order valence-electron chi connectivity index (χ4n) is 3.79. The fourth-order valence-corrected chi connectivity index (χ4v) is 3.79. The monoisotopic (exact) mass is 565 g/mol. The molecule has 1 saturated heterocycles. The van der Waals surface area contributed by atoms with Gasteiger partial charge in [-0.3, -0.25) is 14.7 Å². The number of likely N-dealkylation sites (N-methyl/N-ethyl adjacent to an activating group) is 1. The first-order valence-electron chi connectivity index (χ1n) is 11.4. The van der Waals surface area contributed by atoms with Gasteiger partial charge in [0.15, 0.2) is 12.6 Å². The summed E-state index contributed by atoms with van der Waals surface area (Å²) in [4.78, 5) is 18.5. The van der Waals surface area contributed by atoms with Gasteiger partial charge in [-0.15, -0.1) is 24.0 Å². The number of amides is 1. The molecule has 3 N–H and O–H groups in total. The maximum atomic E-state index is 11.6. The van der Waals surface area contributed by atoms with E-state index in [0.717, 1.165) is 44.0 Å². The highest BCUT2D eigenvalue weighted by Gasteiger charge is 2.20. The van der Waals surface area contributed by atoms with E-state index < -0.39 is 0 Å². The number of carbonyl (C=O) groups is 1. The Labute approximate surface area is 214 Å². The largest absolute Gasteiger partial charge is 0.484 e. The third-order valence-corrected chi connectivity index (χ3v) is 5.50. The fraction of sp³-hybridized carbons (Fsp3) is 0.440. The summed E-state index contributed by atoms with van der Waals surface area (Å²) < 4.78 is 5.58. The summed E-state index contributed by atoms with van der Waals surface area (Å²) in [6, 6.07) is 18.8. The minimum Gasteiger partial charge on any atom is -0.484 e. The van der Waals surface area contributed by atoms with Crippen molar-refractivity contribution in [1.29, 1.82) is 0 Å². The van der Waals surface area contributed by atoms with Crippen LogP contribution in [-0.4, -0.2) is 56.1 Å². The zero-order valence-corrected chi connectivity index (χ0v) is 21.9. The first-order chi connectivity index (χ1) is 15.7. The first-order valence-corrected chi connectivity index (χ1v) is 11.4. The molecule has 180 valence electrons. The highest BCUT2D eigenvalue weighted by Crippen LogP contribution is 2.15. The Morgan fingerprint density at radius 2 is 1.79 bits per heavy atom. The molecule has 0 radical (unpaired) electrons. The van der Waals surface area contributed by atoms with E-state index in [1.54, 1.807) is 7.05 Å². The molecule has 1 aliphatic heterocycles. The number of piperidine rings is 1. The molecule has 2 aromatic rings. The number of hydrogen-bond acceptors (Lipinski definition) is 4. The predicted octanol–water partition coefficient (Wildman–Crippen LogP) is 3.15. The maximum absolute atomic E-state index is 11.6. The lowest BCUT2D eigenvalue weighted by molar-refractivity contribution is -0.122. The van der Waals surface area contributed by atoms with Crippen LogP contribution in [0.5, 0.6) is 5.75 Å². The van der Waals surface area contributed by atoms with E-state index in [1.807, 2.05) is 31.2 Å². The van der Waals surface area contributed by atoms with E-state index in [2.05, 4.69) is 56.2 Å². The van der Waals surface area contributed by atoms with Gasteiger partial charge in [0.2, 0.25) is 0 Å². The van der Waals surface area contributed by atoms with Crippen molar-refractivity contribution >= 4 is 35.8 Å². The molecule has 8 heteroatoms. The van der Waals surface area contributed by atoms with E-state index in [4.69, 9.17) is 4.74 Å². The summed E-state index contributed by atoms with van der Waals surface area (Å²) in [6.07, 6.45) is 2.19. The Morgan fingerprint density at radius 3 is 2.48 bits per heavy atom. The molecule has 1 heterocycles. The van der Waals surface area contributed by atoms with Crippen molar-refractivity contribution < 1.29 is 9.53 Å². The zero-order chi connectivity index (χ0) is 22.6. The van der Waals surface area contributed by atoms with Gasteiger partial charge in [-0.25, -0.2) is 0 Å². The molecule has 0 aliphatic carbocycles. The van der Waals surface area contributed by atoms with Gasteiger partial charge in [-0.05, 0) is 43.0 Å². The molecule has 2 aromatic carbocycles. The third kappa shape index (κ3) is 9.59. The van der Waals surface area contributed by atoms with Crippen LogP contribution in [0.1, 0.15) is 30.9 Å². The van der Waals surface area contributed by atoms with Crippen molar-refractivity contribution in [3.8, 4) is 5.75 Å². The highest BCUT2D eigenvalue weighted by atomic mass is 127. The molecule has 0 saturated carbocycles. The molecule has 3 rings (SSSR count). The molecule has 1 fully saturated rings. The Bertz CT molecular complexity index is 870. The summed E-state index contributed by atoms with van der Waals surface area (Å²) in [5.74, 6) is 1.37. The van der Waals surface area contributed by atoms with Gasteiger partial charge >= 0.3 is 0 Å². The van der Waals surface area contributed by atoms with E-state index in [0.29, 0.717) is 24.9 Å². The number of hydrogen-bond donors (Lipinski definition) is 3. The molecule has 0 bridgehead atoms. The number of aliphatic imine (C=N–C) groups is 1. The van der Waals surface area contributed by atoms with Crippen LogP contribution in [-0.2, 0) is 17.9 Å². The summed E-state index contributed by atoms with van der Waals surface area (Å²) in [7, 11) is 1.80. The molecule has 33 heavy (non-hydrogen) atoms. The number of benzene rings is 2. The lowest BCUT2D eigenvalue weighted by Gasteiger charge is -2.33. The Kier molecular flexibility index (Phi) is 12.0. The van der Waals surface area contributed by atoms with Gasteiger partial charge in [0.1, 0.15) is 5.75 Å². The molecule has 0 spiro atoms. The number of nitrogens with zero attached hydrogens (tertiary/aromatic N) is 2. The minimum atomic E-state index is -0.115. The Hall–Kier alpha value is -2.33. The number of rotatable bonds is 9. The van der Waals surface area contributed by atoms with Crippen molar-refractivity contribution in [3.05, 3.63) is 65.7 Å². The molecular weight excluding hydrogens is 529 g/mol. The van der Waals surface area contributed by atoms with Crippen molar-refractivity contribution in [1.82, 2.24) is 20.9 Å². The Morgan fingerprint density at radius 1 is 1.06 bits per heavy atom. The topological polar surface area (TPSA) is 78.0 Å². The minimum absolute atomic E-state index is 0. The number of carbonyl (C=O) groups excluding carboxylic acids is 1. The molecule has 1 amide bonds. The van der Waals surface area contributed by atoms with Crippen molar-refractivity contribution in [2.45, 2.75) is 38.9 Å². The maximum Gasteiger partial charge on any atom is 0.257 e. The lowest BCUT2D eigenvalue weighted by Crippen LogP contribution is -2.48. The molecule has 0 unspecified atom stereocenters. The molecule has 0 atom stereocenters. The summed E-state index contributed by atoms with van der Waals surface area (Å²) >= 11 is 0. The van der Waals surface area contributed by atoms with Crippen molar-refractivity contribution in [2.75, 3.05) is 33.3 Å². The molecular formula is C25H36IN5O2. The highest BCUT2D eigenvalue weighted by molar-refractivity contribution is 14.0. The molecule has 1 aliphatic rings. The zero-order valence-electron chi connectivity index (χ0n) is 19.5. The van der Waals surface area contributed by atoms with Crippen molar-refractivity contribution in [3.63, 3.8) is 0 Å². The average Bonchev–Trinajstić information content (AvgIpc) is 2.83. The first kappa shape index (κ1) is 26.9. The van der Waals surface area contributed by atoms with Crippen LogP contribution in [0.4, 0.5) is 0 Å². The molecule has 0 aromatic heterocycles. The number of nitrogens with one attached hydrogen (secondary N) is 3. The van der Waals surface area contributed by atoms with Crippen LogP contribution in [0.3, 0.4) is 0 Å². The van der Waals surface area contributed by atoms with E-state index >= 15 is 0 Å². The quantitative estimate of drug-likeness (QED) is 0.248. The van der Waals surface area contributed by atoms with Crippen LogP contribution >= 0.6 is 24.0 Å². The van der Waals surface area contributed by atoms with Gasteiger partial charge in [0.05, 0.1) is 0 Å². The van der Waals surface area contributed by atoms with Gasteiger partial charge < -0.3 is 20.7 Å². The van der Waals surface area contributed by atoms with Crippen LogP contribution in [0, 0.1) is 0 Å². The normalized spacial score (nSPS) is 14.8. The summed E-state index contributed by atoms with van der Waals surface area (Å²) in [6.45, 7) is 6.31. The second-order valence-corrected chi connectivity index (χ2v) is 8.00. The number of ether oxygens (including phenoxy) is 1. The molecule has 7 nitrogen and oxygen atoms in total. The summed E-state index contributed by atoms with van der Waals surface area (Å²) in [5.41, 5.74) is 2.44.